The molecule has 0 aliphatic carbocycles. The molecule has 2 N–H and O–H groups in total. The molecular weight excluding hydrogens is 963 g/mol. The van der Waals surface area contributed by atoms with Crippen LogP contribution >= 0.6 is 0 Å². The molecule has 0 spiro atoms. The van der Waals surface area contributed by atoms with Gasteiger partial charge in [0.25, 0.3) is 15.9 Å². The van der Waals surface area contributed by atoms with Crippen LogP contribution in [-0.4, -0.2) is 115 Å². The first-order valence-electron chi connectivity index (χ1n) is 12.5. The van der Waals surface area contributed by atoms with Crippen molar-refractivity contribution in [1.29, 1.82) is 0 Å². The molecule has 1 amide bonds. The zero-order valence-electron chi connectivity index (χ0n) is 25.3. The maximum absolute atomic E-state index is 15.2. The highest BCUT2D eigenvalue weighted by Gasteiger charge is 3.00. The van der Waals surface area contributed by atoms with Crippen molar-refractivity contribution in [3.8, 4) is 0 Å². The Morgan fingerprint density at radius 1 is 0.362 bits per heavy atom. The van der Waals surface area contributed by atoms with Crippen molar-refractivity contribution in [3.63, 3.8) is 0 Å². The monoisotopic (exact) mass is 970 g/mol. The van der Waals surface area contributed by atoms with Gasteiger partial charge in [-0.05, 0) is 6.92 Å². The van der Waals surface area contributed by atoms with E-state index < -0.39 is 122 Å². The van der Waals surface area contributed by atoms with E-state index in [1.54, 1.807) is 0 Å². The molecule has 0 bridgehead atoms. The molecule has 39 heteroatoms. The van der Waals surface area contributed by atoms with Gasteiger partial charge < -0.3 is 5.32 Å². The highest BCUT2D eigenvalue weighted by atomic mass is 32.2. The summed E-state index contributed by atoms with van der Waals surface area (Å²) in [6.45, 7) is -1.87. The third-order valence-electron chi connectivity index (χ3n) is 6.72. The van der Waals surface area contributed by atoms with E-state index >= 15 is 4.39 Å². The van der Waals surface area contributed by atoms with Crippen LogP contribution in [0.15, 0.2) is 0 Å². The van der Waals surface area contributed by atoms with Gasteiger partial charge in [0.15, 0.2) is 0 Å². The summed E-state index contributed by atoms with van der Waals surface area (Å²) in [6, 6.07) is 0. The lowest BCUT2D eigenvalue weighted by Gasteiger charge is -2.46. The lowest BCUT2D eigenvalue weighted by atomic mass is 9.84. The number of rotatable bonds is 17. The van der Waals surface area contributed by atoms with Gasteiger partial charge in [0, 0.05) is 6.54 Å². The lowest BCUT2D eigenvalue weighted by Crippen LogP contribution is -2.80. The van der Waals surface area contributed by atoms with Crippen molar-refractivity contribution in [2.45, 2.75) is 101 Å². The molecule has 0 aromatic rings. The maximum atomic E-state index is 15.2. The van der Waals surface area contributed by atoms with Crippen LogP contribution in [-0.2, 0) is 14.8 Å². The average Bonchev–Trinajstić information content (AvgIpc) is 2.98. The van der Waals surface area contributed by atoms with Gasteiger partial charge in [0.05, 0.1) is 0 Å². The van der Waals surface area contributed by atoms with Crippen molar-refractivity contribution in [2.75, 3.05) is 6.54 Å². The first-order chi connectivity index (χ1) is 24.4. The van der Waals surface area contributed by atoms with Crippen LogP contribution in [0.5, 0.6) is 0 Å². The number of hydrogen-bond acceptors (Lipinski definition) is 3. The Bertz CT molecular complexity index is 1640. The van der Waals surface area contributed by atoms with E-state index in [-0.39, 0.29) is 12.2 Å². The number of amides is 1. The van der Waals surface area contributed by atoms with Gasteiger partial charge in [-0.2, -0.15) is 145 Å². The van der Waals surface area contributed by atoms with E-state index in [0.717, 1.165) is 0 Å². The number of halogens is 33. The van der Waals surface area contributed by atoms with Gasteiger partial charge in [-0.3, -0.25) is 4.79 Å². The number of likely N-dealkylation sites (N-methyl/N-ethyl adjacent to an activating group) is 1. The van der Waals surface area contributed by atoms with E-state index in [1.807, 2.05) is 0 Å². The molecule has 1 atom stereocenters. The van der Waals surface area contributed by atoms with Crippen molar-refractivity contribution in [1.82, 2.24) is 10.0 Å². The number of hydrogen-bond donors (Lipinski definition) is 2. The lowest BCUT2D eigenvalue weighted by molar-refractivity contribution is -0.480. The van der Waals surface area contributed by atoms with Crippen molar-refractivity contribution in [3.05, 3.63) is 0 Å². The second-order valence-corrected chi connectivity index (χ2v) is 12.3. The van der Waals surface area contributed by atoms with Crippen LogP contribution in [0.2, 0.25) is 0 Å². The molecule has 0 heterocycles. The zero-order valence-corrected chi connectivity index (χ0v) is 26.1. The second kappa shape index (κ2) is 13.8. The molecule has 0 saturated heterocycles. The first-order valence-corrected chi connectivity index (χ1v) is 14.0. The van der Waals surface area contributed by atoms with Gasteiger partial charge in [-0.15, -0.1) is 0 Å². The fraction of sp³-hybridized carbons (Fsp3) is 0.947. The molecule has 5 nitrogen and oxygen atoms in total. The van der Waals surface area contributed by atoms with Crippen molar-refractivity contribution in [2.24, 2.45) is 0 Å². The SMILES string of the molecule is CCNC(=O)C(F)(NS(=O)(=O)C(F)(F)C(F)(F)C(F)(F)C(F)(F)F)C(F)(F)C(F)(F)C(F)(F)C(F)(F)C(F)(F)C(F)(F)C(F)(F)C(F)(F)C(F)(F)C(F)(F)C(F)(F)F. The third-order valence-corrected chi connectivity index (χ3v) is 8.20. The predicted molar refractivity (Wildman–Crippen MR) is 111 cm³/mol. The average molecular weight is 970 g/mol. The predicted octanol–water partition coefficient (Wildman–Crippen LogP) is 9.05. The second-order valence-electron chi connectivity index (χ2n) is 10.5. The Hall–Kier alpha value is -2.93. The molecule has 0 saturated carbocycles. The number of nitrogens with one attached hydrogen (secondary N) is 2. The molecular formula is C19H7F33N2O3S. The highest BCUT2D eigenvalue weighted by molar-refractivity contribution is 7.90. The number of sulfonamides is 1. The van der Waals surface area contributed by atoms with Crippen LogP contribution in [0, 0.1) is 0 Å². The van der Waals surface area contributed by atoms with Crippen LogP contribution in [0.4, 0.5) is 145 Å². The summed E-state index contributed by atoms with van der Waals surface area (Å²) in [7, 11) is -9.49. The molecule has 0 radical (unpaired) electrons. The molecule has 0 fully saturated rings. The molecule has 0 rings (SSSR count). The van der Waals surface area contributed by atoms with Crippen molar-refractivity contribution < 1.29 is 158 Å². The molecule has 58 heavy (non-hydrogen) atoms. The van der Waals surface area contributed by atoms with Crippen LogP contribution in [0.25, 0.3) is 0 Å². The van der Waals surface area contributed by atoms with E-state index in [4.69, 9.17) is 0 Å². The van der Waals surface area contributed by atoms with Crippen LogP contribution in [0.1, 0.15) is 6.92 Å². The third kappa shape index (κ3) is 6.65. The fourth-order valence-corrected chi connectivity index (χ4v) is 4.47. The van der Waals surface area contributed by atoms with Gasteiger partial charge in [0.1, 0.15) is 0 Å². The minimum Gasteiger partial charge on any atom is -0.352 e. The molecule has 0 aromatic heterocycles. The number of alkyl halides is 33. The standard InChI is InChI=1S/C19H7F33N2O3S/c1-2-53-3(55)4(20,54-58(56,57)19(51,52)16(43,44)15(41,42)18(48,49)50)5(21,22)6(23,24)7(25,26)8(27,28)9(29,30)10(31,32)11(33,34)12(35,36)13(37,38)14(39,40)17(45,46)47/h54H,2H2,1H3,(H,53,55). The Balaban J connectivity index is 8.05. The normalized spacial score (nSPS) is 17.6. The summed E-state index contributed by atoms with van der Waals surface area (Å²) >= 11 is 0. The first kappa shape index (κ1) is 55.1. The van der Waals surface area contributed by atoms with Gasteiger partial charge in [-0.1, -0.05) is 0 Å². The van der Waals surface area contributed by atoms with Crippen LogP contribution in [0.3, 0.4) is 0 Å². The van der Waals surface area contributed by atoms with Crippen molar-refractivity contribution >= 4 is 15.9 Å². The van der Waals surface area contributed by atoms with Gasteiger partial charge in [0.2, 0.25) is 0 Å². The van der Waals surface area contributed by atoms with E-state index in [9.17, 15) is 154 Å². The number of carbonyl (C=O) groups is 1. The smallest absolute Gasteiger partial charge is 0.352 e. The largest absolute Gasteiger partial charge is 0.460 e. The Morgan fingerprint density at radius 3 is 0.793 bits per heavy atom. The molecule has 0 aliphatic rings. The highest BCUT2D eigenvalue weighted by Crippen LogP contribution is 2.68. The summed E-state index contributed by atoms with van der Waals surface area (Å²) in [5.41, 5.74) is 0. The Morgan fingerprint density at radius 2 is 0.569 bits per heavy atom. The molecule has 348 valence electrons. The Kier molecular flexibility index (Phi) is 13.1. The van der Waals surface area contributed by atoms with Crippen LogP contribution < -0.4 is 10.0 Å². The summed E-state index contributed by atoms with van der Waals surface area (Å²) in [5, 5.41) is -8.73. The number of carbonyl (C=O) groups excluding carboxylic acids is 1. The fourth-order valence-electron chi connectivity index (χ4n) is 3.29. The van der Waals surface area contributed by atoms with E-state index in [1.165, 1.54) is 0 Å². The molecule has 0 aromatic carbocycles. The molecule has 1 unspecified atom stereocenters. The summed E-state index contributed by atoms with van der Waals surface area (Å²) < 4.78 is 469. The molecule has 0 aliphatic heterocycles. The summed E-state index contributed by atoms with van der Waals surface area (Å²) in [5.74, 6) is -128. The quantitative estimate of drug-likeness (QED) is 0.113. The van der Waals surface area contributed by atoms with E-state index in [0.29, 0.717) is 0 Å². The Labute approximate surface area is 293 Å². The topological polar surface area (TPSA) is 75.3 Å². The van der Waals surface area contributed by atoms with Gasteiger partial charge >= 0.3 is 94.5 Å². The maximum Gasteiger partial charge on any atom is 0.460 e. The summed E-state index contributed by atoms with van der Waals surface area (Å²) in [4.78, 5) is 11.7. The van der Waals surface area contributed by atoms with E-state index in [2.05, 4.69) is 0 Å². The minimum absolute atomic E-state index is 0.0394. The minimum atomic E-state index is -10.1. The summed E-state index contributed by atoms with van der Waals surface area (Å²) in [6.07, 6.45) is -16.6. The van der Waals surface area contributed by atoms with Gasteiger partial charge in [-0.25, -0.2) is 12.8 Å². The zero-order chi connectivity index (χ0) is 48.2.